The Balaban J connectivity index is 1.28. The summed E-state index contributed by atoms with van der Waals surface area (Å²) < 4.78 is 18.6. The van der Waals surface area contributed by atoms with E-state index in [1.807, 2.05) is 48.5 Å². The Hall–Kier alpha value is -2.96. The molecule has 2 N–H and O–H groups in total. The molecule has 1 heterocycles. The van der Waals surface area contributed by atoms with Crippen LogP contribution in [0.2, 0.25) is 0 Å². The van der Waals surface area contributed by atoms with Crippen molar-refractivity contribution in [3.8, 4) is 0 Å². The largest absolute Gasteiger partial charge is 0.445 e. The lowest BCUT2D eigenvalue weighted by Crippen LogP contribution is -2.51. The van der Waals surface area contributed by atoms with Gasteiger partial charge in [-0.1, -0.05) is 60.7 Å². The van der Waals surface area contributed by atoms with Gasteiger partial charge in [0.2, 0.25) is 0 Å². The molecule has 6 heteroatoms. The number of amides is 1. The van der Waals surface area contributed by atoms with E-state index >= 15 is 0 Å². The van der Waals surface area contributed by atoms with Gasteiger partial charge in [-0.25, -0.2) is 9.18 Å². The van der Waals surface area contributed by atoms with E-state index in [1.165, 1.54) is 17.7 Å². The minimum Gasteiger partial charge on any atom is -0.445 e. The third-order valence-corrected chi connectivity index (χ3v) is 7.10. The summed E-state index contributed by atoms with van der Waals surface area (Å²) in [4.78, 5) is 14.9. The van der Waals surface area contributed by atoms with Crippen LogP contribution in [0.15, 0.2) is 78.4 Å². The van der Waals surface area contributed by atoms with Crippen LogP contribution in [0.5, 0.6) is 0 Å². The van der Waals surface area contributed by atoms with E-state index in [4.69, 9.17) is 4.74 Å². The number of carbonyl (C=O) groups excluding carboxylic acids is 1. The number of likely N-dealkylation sites (tertiary alicyclic amines) is 1. The Kier molecular flexibility index (Phi) is 9.70. The molecular formula is C30H37FN2O3. The van der Waals surface area contributed by atoms with Crippen molar-refractivity contribution in [2.45, 2.75) is 50.7 Å². The number of aliphatic hydroxyl groups excluding tert-OH is 1. The summed E-state index contributed by atoms with van der Waals surface area (Å²) in [5.74, 6) is 0.355. The van der Waals surface area contributed by atoms with Gasteiger partial charge in [-0.05, 0) is 86.4 Å². The van der Waals surface area contributed by atoms with Crippen molar-refractivity contribution >= 4 is 6.09 Å². The first-order valence-corrected chi connectivity index (χ1v) is 13.0. The van der Waals surface area contributed by atoms with Crippen molar-refractivity contribution in [2.75, 3.05) is 26.2 Å². The Morgan fingerprint density at radius 1 is 1.06 bits per heavy atom. The van der Waals surface area contributed by atoms with Crippen LogP contribution in [0.3, 0.4) is 0 Å². The fourth-order valence-corrected chi connectivity index (χ4v) is 4.99. The summed E-state index contributed by atoms with van der Waals surface area (Å²) in [6.45, 7) is 2.52. The summed E-state index contributed by atoms with van der Waals surface area (Å²) in [5.41, 5.74) is 3.22. The highest BCUT2D eigenvalue weighted by Crippen LogP contribution is 2.22. The summed E-state index contributed by atoms with van der Waals surface area (Å²) in [5, 5.41) is 14.1. The predicted molar refractivity (Wildman–Crippen MR) is 140 cm³/mol. The molecule has 4 rings (SSSR count). The Bertz CT molecular complexity index is 1010. The van der Waals surface area contributed by atoms with Gasteiger partial charge in [-0.15, -0.1) is 0 Å². The maximum atomic E-state index is 13.2. The lowest BCUT2D eigenvalue weighted by atomic mass is 9.90. The number of hydrogen-bond donors (Lipinski definition) is 2. The minimum absolute atomic E-state index is 0.201. The molecule has 0 aromatic heterocycles. The number of benzene rings is 2. The molecule has 0 radical (unpaired) electrons. The van der Waals surface area contributed by atoms with Crippen LogP contribution >= 0.6 is 0 Å². The van der Waals surface area contributed by atoms with Crippen molar-refractivity contribution in [3.63, 3.8) is 0 Å². The van der Waals surface area contributed by atoms with E-state index in [9.17, 15) is 14.3 Å². The molecule has 2 aliphatic rings. The van der Waals surface area contributed by atoms with E-state index in [1.54, 1.807) is 0 Å². The second-order valence-electron chi connectivity index (χ2n) is 9.92. The highest BCUT2D eigenvalue weighted by Gasteiger charge is 2.27. The molecule has 2 aromatic carbocycles. The van der Waals surface area contributed by atoms with Gasteiger partial charge in [0.1, 0.15) is 12.4 Å². The minimum atomic E-state index is -0.722. The second-order valence-corrected chi connectivity index (χ2v) is 9.92. The molecule has 192 valence electrons. The molecule has 2 atom stereocenters. The number of β-amino-alcohol motifs (C(OH)–C–C–N with tert-alkyl or cyclic N) is 1. The quantitative estimate of drug-likeness (QED) is 0.487. The first-order chi connectivity index (χ1) is 17.5. The molecule has 1 aliphatic carbocycles. The number of nitrogens with zero attached hydrogens (tertiary/aromatic N) is 1. The van der Waals surface area contributed by atoms with E-state index < -0.39 is 18.2 Å². The highest BCUT2D eigenvalue weighted by atomic mass is 19.1. The number of piperidine rings is 1. The van der Waals surface area contributed by atoms with Crippen molar-refractivity contribution < 1.29 is 19.0 Å². The number of nitrogens with one attached hydrogen (secondary N) is 1. The summed E-state index contributed by atoms with van der Waals surface area (Å²) in [7, 11) is 0. The van der Waals surface area contributed by atoms with Crippen molar-refractivity contribution in [2.24, 2.45) is 5.92 Å². The first-order valence-electron chi connectivity index (χ1n) is 13.0. The van der Waals surface area contributed by atoms with E-state index in [-0.39, 0.29) is 12.4 Å². The van der Waals surface area contributed by atoms with Crippen LogP contribution in [-0.4, -0.2) is 54.5 Å². The van der Waals surface area contributed by atoms with Crippen molar-refractivity contribution in [3.05, 3.63) is 95.3 Å². The standard InChI is InChI=1S/C30H37FN2O3/c31-27-13-11-24(12-14-27)19-25-15-17-33(18-16-25)21-29(34)28(20-23-7-3-1-4-8-23)32-30(35)36-22-26-9-5-2-6-10-26/h1,3-5,7-14,25,28-29,34H,2,6,15-22H2,(H,32,35). The maximum absolute atomic E-state index is 13.2. The smallest absolute Gasteiger partial charge is 0.407 e. The van der Waals surface area contributed by atoms with Crippen LogP contribution in [-0.2, 0) is 17.6 Å². The molecule has 2 aromatic rings. The highest BCUT2D eigenvalue weighted by molar-refractivity contribution is 5.68. The number of ether oxygens (including phenoxy) is 1. The second kappa shape index (κ2) is 13.4. The third kappa shape index (κ3) is 8.32. The average Bonchev–Trinajstić information content (AvgIpc) is 2.91. The number of rotatable bonds is 10. The van der Waals surface area contributed by atoms with Crippen LogP contribution < -0.4 is 5.32 Å². The molecule has 1 fully saturated rings. The van der Waals surface area contributed by atoms with Crippen molar-refractivity contribution in [1.29, 1.82) is 0 Å². The summed E-state index contributed by atoms with van der Waals surface area (Å²) in [6.07, 6.45) is 10.5. The van der Waals surface area contributed by atoms with Gasteiger partial charge in [-0.3, -0.25) is 0 Å². The number of hydrogen-bond acceptors (Lipinski definition) is 4. The summed E-state index contributed by atoms with van der Waals surface area (Å²) in [6, 6.07) is 16.2. The zero-order chi connectivity index (χ0) is 25.2. The Labute approximate surface area is 213 Å². The van der Waals surface area contributed by atoms with Crippen molar-refractivity contribution in [1.82, 2.24) is 10.2 Å². The average molecular weight is 493 g/mol. The molecule has 1 amide bonds. The number of aliphatic hydroxyl groups is 1. The lowest BCUT2D eigenvalue weighted by molar-refractivity contribution is 0.0599. The van der Waals surface area contributed by atoms with Crippen LogP contribution in [0.4, 0.5) is 9.18 Å². The topological polar surface area (TPSA) is 61.8 Å². The first kappa shape index (κ1) is 26.1. The number of carbonyl (C=O) groups is 1. The van der Waals surface area contributed by atoms with Gasteiger partial charge in [0, 0.05) is 6.54 Å². The lowest BCUT2D eigenvalue weighted by Gasteiger charge is -2.35. The van der Waals surface area contributed by atoms with Gasteiger partial charge in [0.25, 0.3) is 0 Å². The van der Waals surface area contributed by atoms with E-state index in [2.05, 4.69) is 22.4 Å². The predicted octanol–water partition coefficient (Wildman–Crippen LogP) is 5.06. The molecule has 36 heavy (non-hydrogen) atoms. The van der Waals surface area contributed by atoms with E-state index in [0.29, 0.717) is 18.9 Å². The normalized spacial score (nSPS) is 18.3. The number of allylic oxidation sites excluding steroid dienone is 2. The maximum Gasteiger partial charge on any atom is 0.407 e. The van der Waals surface area contributed by atoms with Gasteiger partial charge in [-0.2, -0.15) is 0 Å². The van der Waals surface area contributed by atoms with Gasteiger partial charge in [0.15, 0.2) is 0 Å². The fourth-order valence-electron chi connectivity index (χ4n) is 4.99. The van der Waals surface area contributed by atoms with Gasteiger partial charge in [0.05, 0.1) is 12.1 Å². The van der Waals surface area contributed by atoms with Gasteiger partial charge < -0.3 is 20.1 Å². The monoisotopic (exact) mass is 492 g/mol. The molecule has 0 saturated carbocycles. The Morgan fingerprint density at radius 2 is 1.81 bits per heavy atom. The van der Waals surface area contributed by atoms with Crippen LogP contribution in [0.1, 0.15) is 36.8 Å². The van der Waals surface area contributed by atoms with E-state index in [0.717, 1.165) is 56.3 Å². The van der Waals surface area contributed by atoms with Crippen LogP contribution in [0.25, 0.3) is 0 Å². The number of alkyl carbamates (subject to hydrolysis) is 1. The molecule has 2 unspecified atom stereocenters. The fraction of sp³-hybridized carbons (Fsp3) is 0.433. The molecule has 1 saturated heterocycles. The molecular weight excluding hydrogens is 455 g/mol. The molecule has 0 spiro atoms. The zero-order valence-electron chi connectivity index (χ0n) is 20.8. The van der Waals surface area contributed by atoms with Gasteiger partial charge >= 0.3 is 6.09 Å². The molecule has 5 nitrogen and oxygen atoms in total. The van der Waals surface area contributed by atoms with Crippen LogP contribution in [0, 0.1) is 11.7 Å². The SMILES string of the molecule is O=C(NC(Cc1ccccc1)C(O)CN1CCC(Cc2ccc(F)cc2)CC1)OCC1=CCCC=C1. The Morgan fingerprint density at radius 3 is 2.50 bits per heavy atom. The molecule has 1 aliphatic heterocycles. The number of halogens is 1. The molecule has 0 bridgehead atoms. The zero-order valence-corrected chi connectivity index (χ0v) is 20.8. The third-order valence-electron chi connectivity index (χ3n) is 7.10. The summed E-state index contributed by atoms with van der Waals surface area (Å²) >= 11 is 0.